The van der Waals surface area contributed by atoms with Crippen molar-refractivity contribution in [2.45, 2.75) is 44.9 Å². The molecule has 98 valence electrons. The minimum Gasteiger partial charge on any atom is -0.381 e. The predicted octanol–water partition coefficient (Wildman–Crippen LogP) is 2.29. The number of aromatic nitrogens is 2. The summed E-state index contributed by atoms with van der Waals surface area (Å²) in [6, 6.07) is 0. The van der Waals surface area contributed by atoms with Crippen molar-refractivity contribution in [2.75, 3.05) is 25.1 Å². The Morgan fingerprint density at radius 3 is 2.83 bits per heavy atom. The molecule has 0 spiro atoms. The van der Waals surface area contributed by atoms with Crippen molar-refractivity contribution in [2.24, 2.45) is 0 Å². The summed E-state index contributed by atoms with van der Waals surface area (Å²) in [5.74, 6) is 2.61. The van der Waals surface area contributed by atoms with E-state index >= 15 is 0 Å². The minimum absolute atomic E-state index is 0.488. The first-order chi connectivity index (χ1) is 8.88. The number of nitrogens with one attached hydrogen (secondary N) is 1. The molecule has 1 aliphatic heterocycles. The van der Waals surface area contributed by atoms with Gasteiger partial charge in [-0.1, -0.05) is 0 Å². The number of ether oxygens (including phenoxy) is 1. The molecule has 1 saturated heterocycles. The summed E-state index contributed by atoms with van der Waals surface area (Å²) in [5.41, 5.74) is 2.63. The Morgan fingerprint density at radius 2 is 2.06 bits per heavy atom. The second-order valence-electron chi connectivity index (χ2n) is 5.13. The zero-order valence-electron chi connectivity index (χ0n) is 11.0. The van der Waals surface area contributed by atoms with Crippen LogP contribution in [0.5, 0.6) is 0 Å². The molecular formula is C14H21N3O. The zero-order valence-corrected chi connectivity index (χ0v) is 11.0. The Hall–Kier alpha value is -1.16. The van der Waals surface area contributed by atoms with E-state index in [1.807, 2.05) is 0 Å². The first kappa shape index (κ1) is 11.9. The van der Waals surface area contributed by atoms with E-state index in [9.17, 15) is 0 Å². The molecule has 1 fully saturated rings. The van der Waals surface area contributed by atoms with E-state index in [1.165, 1.54) is 17.7 Å². The second kappa shape index (κ2) is 5.22. The van der Waals surface area contributed by atoms with Crippen molar-refractivity contribution >= 4 is 5.82 Å². The van der Waals surface area contributed by atoms with E-state index < -0.39 is 0 Å². The molecule has 0 saturated carbocycles. The van der Waals surface area contributed by atoms with Gasteiger partial charge in [-0.25, -0.2) is 9.97 Å². The maximum absolute atomic E-state index is 5.42. The number of rotatable bonds is 3. The van der Waals surface area contributed by atoms with Gasteiger partial charge in [0.25, 0.3) is 0 Å². The van der Waals surface area contributed by atoms with Crippen LogP contribution in [0.2, 0.25) is 0 Å². The molecule has 1 aliphatic carbocycles. The Labute approximate surface area is 108 Å². The third-order valence-corrected chi connectivity index (χ3v) is 3.88. The number of anilines is 1. The topological polar surface area (TPSA) is 47.0 Å². The van der Waals surface area contributed by atoms with Gasteiger partial charge in [0.05, 0.1) is 0 Å². The molecule has 0 unspecified atom stereocenters. The van der Waals surface area contributed by atoms with Crippen molar-refractivity contribution in [3.8, 4) is 0 Å². The summed E-state index contributed by atoms with van der Waals surface area (Å²) in [4.78, 5) is 9.59. The average Bonchev–Trinajstić information content (AvgIpc) is 2.88. The fourth-order valence-corrected chi connectivity index (χ4v) is 2.90. The summed E-state index contributed by atoms with van der Waals surface area (Å²) < 4.78 is 5.42. The first-order valence-corrected chi connectivity index (χ1v) is 7.09. The Bertz CT molecular complexity index is 427. The fraction of sp³-hybridized carbons (Fsp3) is 0.714. The predicted molar refractivity (Wildman–Crippen MR) is 71.0 cm³/mol. The van der Waals surface area contributed by atoms with Crippen LogP contribution < -0.4 is 5.32 Å². The van der Waals surface area contributed by atoms with E-state index in [0.29, 0.717) is 5.92 Å². The normalized spacial score (nSPS) is 19.8. The van der Waals surface area contributed by atoms with Gasteiger partial charge in [-0.2, -0.15) is 0 Å². The molecule has 0 bridgehead atoms. The number of hydrogen-bond donors (Lipinski definition) is 1. The smallest absolute Gasteiger partial charge is 0.134 e. The lowest BCUT2D eigenvalue weighted by Crippen LogP contribution is -2.18. The van der Waals surface area contributed by atoms with Crippen molar-refractivity contribution in [1.82, 2.24) is 9.97 Å². The van der Waals surface area contributed by atoms with E-state index in [2.05, 4.69) is 12.2 Å². The van der Waals surface area contributed by atoms with Crippen LogP contribution in [0.3, 0.4) is 0 Å². The molecule has 4 heteroatoms. The molecule has 3 rings (SSSR count). The third kappa shape index (κ3) is 2.21. The quantitative estimate of drug-likeness (QED) is 0.890. The molecule has 1 aromatic heterocycles. The Balaban J connectivity index is 1.92. The zero-order chi connectivity index (χ0) is 12.4. The van der Waals surface area contributed by atoms with Gasteiger partial charge in [-0.05, 0) is 39.0 Å². The number of hydrogen-bond acceptors (Lipinski definition) is 4. The lowest BCUT2D eigenvalue weighted by molar-refractivity contribution is 0.0835. The van der Waals surface area contributed by atoms with Crippen molar-refractivity contribution in [1.29, 1.82) is 0 Å². The number of nitrogens with zero attached hydrogens (tertiary/aromatic N) is 2. The molecule has 18 heavy (non-hydrogen) atoms. The van der Waals surface area contributed by atoms with Crippen LogP contribution in [0.1, 0.15) is 49.2 Å². The highest BCUT2D eigenvalue weighted by molar-refractivity contribution is 5.49. The monoisotopic (exact) mass is 247 g/mol. The molecule has 1 N–H and O–H groups in total. The van der Waals surface area contributed by atoms with Crippen LogP contribution >= 0.6 is 0 Å². The Kier molecular flexibility index (Phi) is 3.46. The van der Waals surface area contributed by atoms with Crippen LogP contribution in [0.4, 0.5) is 5.82 Å². The molecule has 0 radical (unpaired) electrons. The van der Waals surface area contributed by atoms with Gasteiger partial charge in [0.1, 0.15) is 11.6 Å². The molecule has 2 heterocycles. The maximum atomic E-state index is 5.42. The standard InChI is InChI=1S/C14H21N3O/c1-2-15-14-11-4-3-5-12(11)16-13(17-14)10-6-8-18-9-7-10/h10H,2-9H2,1H3,(H,15,16,17). The van der Waals surface area contributed by atoms with Gasteiger partial charge >= 0.3 is 0 Å². The van der Waals surface area contributed by atoms with Crippen molar-refractivity contribution < 1.29 is 4.74 Å². The number of fused-ring (bicyclic) bond motifs is 1. The summed E-state index contributed by atoms with van der Waals surface area (Å²) in [6.45, 7) is 4.75. The van der Waals surface area contributed by atoms with Crippen LogP contribution in [-0.4, -0.2) is 29.7 Å². The first-order valence-electron chi connectivity index (χ1n) is 7.09. The van der Waals surface area contributed by atoms with Crippen molar-refractivity contribution in [3.05, 3.63) is 17.1 Å². The van der Waals surface area contributed by atoms with Gasteiger partial charge in [0.15, 0.2) is 0 Å². The summed E-state index contributed by atoms with van der Waals surface area (Å²) in [6.07, 6.45) is 5.59. The Morgan fingerprint density at radius 1 is 1.22 bits per heavy atom. The SMILES string of the molecule is CCNc1nc(C2CCOCC2)nc2c1CCC2. The summed E-state index contributed by atoms with van der Waals surface area (Å²) in [7, 11) is 0. The van der Waals surface area contributed by atoms with Crippen molar-refractivity contribution in [3.63, 3.8) is 0 Å². The lowest BCUT2D eigenvalue weighted by Gasteiger charge is -2.22. The summed E-state index contributed by atoms with van der Waals surface area (Å²) in [5, 5.41) is 3.41. The summed E-state index contributed by atoms with van der Waals surface area (Å²) >= 11 is 0. The molecule has 4 nitrogen and oxygen atoms in total. The van der Waals surface area contributed by atoms with Gasteiger partial charge in [0, 0.05) is 36.9 Å². The molecule has 2 aliphatic rings. The molecule has 1 aromatic rings. The minimum atomic E-state index is 0.488. The van der Waals surface area contributed by atoms with Crippen LogP contribution in [0, 0.1) is 0 Å². The fourth-order valence-electron chi connectivity index (χ4n) is 2.90. The van der Waals surface area contributed by atoms with Crippen LogP contribution in [0.25, 0.3) is 0 Å². The number of aryl methyl sites for hydroxylation is 1. The molecular weight excluding hydrogens is 226 g/mol. The van der Waals surface area contributed by atoms with E-state index in [4.69, 9.17) is 14.7 Å². The second-order valence-corrected chi connectivity index (χ2v) is 5.13. The molecule has 0 amide bonds. The highest BCUT2D eigenvalue weighted by atomic mass is 16.5. The van der Waals surface area contributed by atoms with E-state index in [-0.39, 0.29) is 0 Å². The van der Waals surface area contributed by atoms with Gasteiger partial charge < -0.3 is 10.1 Å². The highest BCUT2D eigenvalue weighted by Gasteiger charge is 2.24. The van der Waals surface area contributed by atoms with E-state index in [0.717, 1.165) is 57.1 Å². The average molecular weight is 247 g/mol. The van der Waals surface area contributed by atoms with Crippen LogP contribution in [0.15, 0.2) is 0 Å². The third-order valence-electron chi connectivity index (χ3n) is 3.88. The molecule has 0 atom stereocenters. The van der Waals surface area contributed by atoms with Crippen LogP contribution in [-0.2, 0) is 17.6 Å². The maximum Gasteiger partial charge on any atom is 0.134 e. The van der Waals surface area contributed by atoms with Gasteiger partial charge in [-0.15, -0.1) is 0 Å². The van der Waals surface area contributed by atoms with Gasteiger partial charge in [-0.3, -0.25) is 0 Å². The lowest BCUT2D eigenvalue weighted by atomic mass is 9.99. The van der Waals surface area contributed by atoms with Gasteiger partial charge in [0.2, 0.25) is 0 Å². The highest BCUT2D eigenvalue weighted by Crippen LogP contribution is 2.31. The largest absolute Gasteiger partial charge is 0.381 e. The molecule has 0 aromatic carbocycles. The van der Waals surface area contributed by atoms with E-state index in [1.54, 1.807) is 0 Å².